The first-order chi connectivity index (χ1) is 18.5. The third kappa shape index (κ3) is 7.21. The van der Waals surface area contributed by atoms with Crippen molar-refractivity contribution >= 4 is 26.7 Å². The molecule has 0 unspecified atom stereocenters. The van der Waals surface area contributed by atoms with Crippen LogP contribution in [-0.4, -0.2) is 74.0 Å². The average molecular weight is 568 g/mol. The monoisotopic (exact) mass is 567 g/mol. The summed E-state index contributed by atoms with van der Waals surface area (Å²) in [7, 11) is -3.13. The summed E-state index contributed by atoms with van der Waals surface area (Å²) in [5.41, 5.74) is 1.14. The molecule has 5 rings (SSSR count). The molecule has 1 aromatic heterocycles. The fraction of sp³-hybridized carbons (Fsp3) is 0.714. The van der Waals surface area contributed by atoms with Crippen LogP contribution in [0, 0.1) is 11.3 Å². The van der Waals surface area contributed by atoms with E-state index < -0.39 is 22.6 Å². The average Bonchev–Trinajstić information content (AvgIpc) is 2.90. The zero-order chi connectivity index (χ0) is 27.7. The largest absolute Gasteiger partial charge is 0.393 e. The Balaban J connectivity index is 1.11. The van der Waals surface area contributed by atoms with E-state index in [-0.39, 0.29) is 17.4 Å². The van der Waals surface area contributed by atoms with Crippen molar-refractivity contribution in [3.05, 3.63) is 30.1 Å². The van der Waals surface area contributed by atoms with Crippen LogP contribution in [0.1, 0.15) is 63.9 Å². The molecule has 3 aliphatic rings. The van der Waals surface area contributed by atoms with Gasteiger partial charge in [-0.25, -0.2) is 23.1 Å². The van der Waals surface area contributed by atoms with Gasteiger partial charge in [-0.3, -0.25) is 0 Å². The maximum atomic E-state index is 12.8. The van der Waals surface area contributed by atoms with Crippen molar-refractivity contribution in [2.75, 3.05) is 43.4 Å². The maximum absolute atomic E-state index is 12.8. The van der Waals surface area contributed by atoms with Crippen molar-refractivity contribution in [2.24, 2.45) is 11.3 Å². The molecular formula is C28H40F3N5O2S. The van der Waals surface area contributed by atoms with Crippen LogP contribution in [0.5, 0.6) is 0 Å². The highest BCUT2D eigenvalue weighted by atomic mass is 32.2. The van der Waals surface area contributed by atoms with Gasteiger partial charge in [-0.15, -0.1) is 0 Å². The molecule has 1 N–H and O–H groups in total. The second-order valence-corrected chi connectivity index (χ2v) is 13.9. The van der Waals surface area contributed by atoms with Gasteiger partial charge in [-0.1, -0.05) is 6.07 Å². The van der Waals surface area contributed by atoms with Crippen LogP contribution in [0.15, 0.2) is 24.5 Å². The van der Waals surface area contributed by atoms with Crippen molar-refractivity contribution in [1.82, 2.24) is 19.6 Å². The summed E-state index contributed by atoms with van der Waals surface area (Å²) in [6, 6.07) is 4.90. The molecule has 39 heavy (non-hydrogen) atoms. The van der Waals surface area contributed by atoms with Gasteiger partial charge in [-0.2, -0.15) is 13.2 Å². The van der Waals surface area contributed by atoms with Crippen LogP contribution < -0.4 is 9.62 Å². The summed E-state index contributed by atoms with van der Waals surface area (Å²) in [4.78, 5) is 13.7. The number of anilines is 1. The second kappa shape index (κ2) is 11.5. The Morgan fingerprint density at radius 3 is 2.31 bits per heavy atom. The van der Waals surface area contributed by atoms with Crippen LogP contribution in [0.25, 0.3) is 10.9 Å². The minimum Gasteiger partial charge on any atom is -0.356 e. The van der Waals surface area contributed by atoms with Gasteiger partial charge in [0, 0.05) is 31.1 Å². The Bertz CT molecular complexity index is 1230. The molecular weight excluding hydrogens is 527 g/mol. The lowest BCUT2D eigenvalue weighted by molar-refractivity contribution is -0.127. The number of rotatable bonds is 7. The van der Waals surface area contributed by atoms with Crippen LogP contribution in [0.2, 0.25) is 0 Å². The number of sulfonamides is 1. The minimum atomic E-state index is -4.24. The molecule has 1 aliphatic carbocycles. The maximum Gasteiger partial charge on any atom is 0.393 e. The SMILES string of the molecule is CCS(=O)(=O)NC1CCC(CN2CCC3(CC2)CCN(c2ncnc4cc(CC(F)(F)F)ccc24)CC3)CC1. The van der Waals surface area contributed by atoms with Gasteiger partial charge < -0.3 is 9.80 Å². The van der Waals surface area contributed by atoms with Gasteiger partial charge in [0.05, 0.1) is 17.7 Å². The Labute approximate surface area is 229 Å². The third-order valence-corrected chi connectivity index (χ3v) is 10.7. The van der Waals surface area contributed by atoms with Gasteiger partial charge in [0.25, 0.3) is 0 Å². The number of likely N-dealkylation sites (tertiary alicyclic amines) is 1. The number of nitrogens with zero attached hydrogens (tertiary/aromatic N) is 4. The van der Waals surface area contributed by atoms with E-state index >= 15 is 0 Å². The number of hydrogen-bond acceptors (Lipinski definition) is 6. The Morgan fingerprint density at radius 2 is 1.67 bits per heavy atom. The number of nitrogens with one attached hydrogen (secondary N) is 1. The van der Waals surface area contributed by atoms with Gasteiger partial charge in [0.2, 0.25) is 10.0 Å². The lowest BCUT2D eigenvalue weighted by atomic mass is 9.71. The summed E-state index contributed by atoms with van der Waals surface area (Å²) in [5, 5.41) is 0.811. The van der Waals surface area contributed by atoms with Crippen molar-refractivity contribution < 1.29 is 21.6 Å². The van der Waals surface area contributed by atoms with Gasteiger partial charge in [0.1, 0.15) is 12.1 Å². The number of benzene rings is 1. The number of piperidine rings is 2. The number of hydrogen-bond donors (Lipinski definition) is 1. The van der Waals surface area contributed by atoms with Crippen LogP contribution in [0.3, 0.4) is 0 Å². The molecule has 1 spiro atoms. The molecule has 3 heterocycles. The number of alkyl halides is 3. The van der Waals surface area contributed by atoms with E-state index in [1.807, 2.05) is 0 Å². The predicted molar refractivity (Wildman–Crippen MR) is 147 cm³/mol. The zero-order valence-electron chi connectivity index (χ0n) is 22.7. The molecule has 1 saturated carbocycles. The van der Waals surface area contributed by atoms with E-state index in [1.54, 1.807) is 19.1 Å². The number of aromatic nitrogens is 2. The molecule has 3 fully saturated rings. The Morgan fingerprint density at radius 1 is 1.00 bits per heavy atom. The summed E-state index contributed by atoms with van der Waals surface area (Å²) >= 11 is 0. The van der Waals surface area contributed by atoms with Crippen molar-refractivity contribution in [3.63, 3.8) is 0 Å². The normalized spacial score (nSPS) is 24.9. The van der Waals surface area contributed by atoms with Gasteiger partial charge in [-0.05, 0) is 100 Å². The van der Waals surface area contributed by atoms with E-state index in [9.17, 15) is 21.6 Å². The molecule has 2 saturated heterocycles. The molecule has 11 heteroatoms. The highest BCUT2D eigenvalue weighted by Gasteiger charge is 2.38. The van der Waals surface area contributed by atoms with E-state index in [4.69, 9.17) is 0 Å². The van der Waals surface area contributed by atoms with Crippen molar-refractivity contribution in [3.8, 4) is 0 Å². The highest BCUT2D eigenvalue weighted by Crippen LogP contribution is 2.43. The molecule has 0 atom stereocenters. The first-order valence-corrected chi connectivity index (χ1v) is 16.0. The van der Waals surface area contributed by atoms with E-state index in [0.717, 1.165) is 82.5 Å². The molecule has 0 amide bonds. The molecule has 2 aromatic rings. The van der Waals surface area contributed by atoms with Crippen LogP contribution >= 0.6 is 0 Å². The second-order valence-electron chi connectivity index (χ2n) is 11.9. The zero-order valence-corrected chi connectivity index (χ0v) is 23.5. The summed E-state index contributed by atoms with van der Waals surface area (Å²) < 4.78 is 65.1. The van der Waals surface area contributed by atoms with Crippen molar-refractivity contribution in [1.29, 1.82) is 0 Å². The smallest absolute Gasteiger partial charge is 0.356 e. The predicted octanol–water partition coefficient (Wildman–Crippen LogP) is 4.92. The lowest BCUT2D eigenvalue weighted by Crippen LogP contribution is -2.48. The van der Waals surface area contributed by atoms with Crippen molar-refractivity contribution in [2.45, 2.75) is 76.9 Å². The quantitative estimate of drug-likeness (QED) is 0.512. The first-order valence-electron chi connectivity index (χ1n) is 14.3. The molecule has 7 nitrogen and oxygen atoms in total. The van der Waals surface area contributed by atoms with E-state index in [2.05, 4.69) is 24.5 Å². The van der Waals surface area contributed by atoms with E-state index in [1.165, 1.54) is 25.2 Å². The first kappa shape index (κ1) is 28.5. The summed E-state index contributed by atoms with van der Waals surface area (Å²) in [5.74, 6) is 1.61. The molecule has 216 valence electrons. The van der Waals surface area contributed by atoms with E-state index in [0.29, 0.717) is 16.8 Å². The third-order valence-electron chi connectivity index (χ3n) is 9.21. The summed E-state index contributed by atoms with van der Waals surface area (Å²) in [6.45, 7) is 6.81. The standard InChI is InChI=1S/C28H40F3N5O2S/c1-2-39(37,38)34-23-6-3-21(4-7-23)19-35-13-9-27(10-14-35)11-15-36(16-12-27)26-24-8-5-22(18-28(29,30)31)17-25(24)32-20-33-26/h5,8,17,20-21,23,34H,2-4,6-7,9-16,18-19H2,1H3. The Hall–Kier alpha value is -1.98. The van der Waals surface area contributed by atoms with Gasteiger partial charge in [0.15, 0.2) is 0 Å². The minimum absolute atomic E-state index is 0.0926. The van der Waals surface area contributed by atoms with Gasteiger partial charge >= 0.3 is 6.18 Å². The highest BCUT2D eigenvalue weighted by molar-refractivity contribution is 7.89. The molecule has 0 bridgehead atoms. The van der Waals surface area contributed by atoms with Crippen LogP contribution in [0.4, 0.5) is 19.0 Å². The number of halogens is 3. The molecule has 1 aromatic carbocycles. The number of fused-ring (bicyclic) bond motifs is 1. The lowest BCUT2D eigenvalue weighted by Gasteiger charge is -2.48. The van der Waals surface area contributed by atoms with Crippen LogP contribution in [-0.2, 0) is 16.4 Å². The fourth-order valence-corrected chi connectivity index (χ4v) is 7.66. The summed E-state index contributed by atoms with van der Waals surface area (Å²) in [6.07, 6.45) is 4.88. The Kier molecular flexibility index (Phi) is 8.41. The topological polar surface area (TPSA) is 78.4 Å². The molecule has 0 radical (unpaired) electrons. The molecule has 2 aliphatic heterocycles. The fourth-order valence-electron chi connectivity index (χ4n) is 6.75.